The smallest absolute Gasteiger partial charge is 0.191 e. The Labute approximate surface area is 178 Å². The van der Waals surface area contributed by atoms with Crippen LogP contribution in [0.2, 0.25) is 0 Å². The van der Waals surface area contributed by atoms with Gasteiger partial charge in [0.15, 0.2) is 15.8 Å². The predicted octanol–water partition coefficient (Wildman–Crippen LogP) is 2.47. The predicted molar refractivity (Wildman–Crippen MR) is 117 cm³/mol. The highest BCUT2D eigenvalue weighted by Crippen LogP contribution is 2.28. The van der Waals surface area contributed by atoms with Crippen molar-refractivity contribution in [1.29, 1.82) is 0 Å². The average molecular weight is 513 g/mol. The Hall–Kier alpha value is -0.940. The second-order valence-electron chi connectivity index (χ2n) is 6.62. The van der Waals surface area contributed by atoms with Gasteiger partial charge in [0.25, 0.3) is 0 Å². The van der Waals surface area contributed by atoms with Crippen molar-refractivity contribution in [2.45, 2.75) is 32.1 Å². The van der Waals surface area contributed by atoms with Crippen molar-refractivity contribution in [2.75, 3.05) is 32.6 Å². The Bertz CT molecular complexity index is 725. The molecule has 0 unspecified atom stereocenters. The summed E-state index contributed by atoms with van der Waals surface area (Å²) in [5.41, 5.74) is 1.14. The van der Waals surface area contributed by atoms with Crippen LogP contribution in [0.15, 0.2) is 23.2 Å². The number of nitrogens with one attached hydrogen (secondary N) is 2. The summed E-state index contributed by atoms with van der Waals surface area (Å²) in [6.07, 6.45) is 3.69. The van der Waals surface area contributed by atoms with E-state index in [1.807, 2.05) is 6.92 Å². The minimum Gasteiger partial charge on any atom is -0.379 e. The fourth-order valence-corrected chi connectivity index (χ4v) is 3.29. The van der Waals surface area contributed by atoms with Crippen LogP contribution >= 0.6 is 24.0 Å². The molecule has 0 bridgehead atoms. The van der Waals surface area contributed by atoms with Crippen LogP contribution in [0.25, 0.3) is 0 Å². The van der Waals surface area contributed by atoms with Crippen LogP contribution in [-0.2, 0) is 26.9 Å². The zero-order valence-electron chi connectivity index (χ0n) is 15.8. The summed E-state index contributed by atoms with van der Waals surface area (Å²) in [5, 5.41) is 6.29. The van der Waals surface area contributed by atoms with Gasteiger partial charge >= 0.3 is 0 Å². The molecule has 9 heteroatoms. The van der Waals surface area contributed by atoms with E-state index in [0.717, 1.165) is 18.8 Å². The van der Waals surface area contributed by atoms with E-state index in [4.69, 9.17) is 4.74 Å². The molecule has 1 aliphatic rings. The molecule has 1 aromatic carbocycles. The number of halogens is 2. The molecule has 0 spiro atoms. The number of sulfone groups is 1. The number of benzene rings is 1. The fraction of sp³-hybridized carbons (Fsp3) is 0.611. The van der Waals surface area contributed by atoms with Gasteiger partial charge in [0.2, 0.25) is 0 Å². The van der Waals surface area contributed by atoms with Gasteiger partial charge in [-0.2, -0.15) is 0 Å². The number of aliphatic imine (C=N–C) groups is 1. The summed E-state index contributed by atoms with van der Waals surface area (Å²) in [6, 6.07) is 4.12. The Morgan fingerprint density at radius 1 is 1.30 bits per heavy atom. The number of ether oxygens (including phenoxy) is 1. The van der Waals surface area contributed by atoms with Crippen LogP contribution < -0.4 is 10.6 Å². The summed E-state index contributed by atoms with van der Waals surface area (Å²) in [4.78, 5) is 4.44. The third kappa shape index (κ3) is 10.2. The molecule has 0 heterocycles. The maximum atomic E-state index is 13.6. The Kier molecular flexibility index (Phi) is 10.5. The topological polar surface area (TPSA) is 79.8 Å². The van der Waals surface area contributed by atoms with Crippen molar-refractivity contribution in [3.8, 4) is 0 Å². The lowest BCUT2D eigenvalue weighted by Crippen LogP contribution is -2.39. The van der Waals surface area contributed by atoms with Gasteiger partial charge in [0, 0.05) is 26.0 Å². The molecule has 0 radical (unpaired) electrons. The first-order valence-corrected chi connectivity index (χ1v) is 11.0. The summed E-state index contributed by atoms with van der Waals surface area (Å²) in [5.74, 6) is 0.797. The van der Waals surface area contributed by atoms with Gasteiger partial charge in [-0.1, -0.05) is 6.07 Å². The molecule has 0 atom stereocenters. The Morgan fingerprint density at radius 2 is 2.04 bits per heavy atom. The van der Waals surface area contributed by atoms with E-state index in [1.165, 1.54) is 31.0 Å². The molecule has 1 fully saturated rings. The van der Waals surface area contributed by atoms with Gasteiger partial charge in [-0.05, 0) is 48.9 Å². The van der Waals surface area contributed by atoms with Crippen molar-refractivity contribution in [3.63, 3.8) is 0 Å². The second-order valence-corrected chi connectivity index (χ2v) is 8.76. The molecule has 1 saturated carbocycles. The number of guanidine groups is 1. The molecule has 0 aromatic heterocycles. The van der Waals surface area contributed by atoms with E-state index in [0.29, 0.717) is 36.8 Å². The van der Waals surface area contributed by atoms with Crippen LogP contribution in [-0.4, -0.2) is 46.9 Å². The van der Waals surface area contributed by atoms with E-state index in [1.54, 1.807) is 0 Å². The first kappa shape index (κ1) is 24.1. The van der Waals surface area contributed by atoms with Crippen LogP contribution in [0.5, 0.6) is 0 Å². The molecule has 0 amide bonds. The first-order valence-electron chi connectivity index (χ1n) is 8.92. The monoisotopic (exact) mass is 513 g/mol. The maximum absolute atomic E-state index is 13.6. The summed E-state index contributed by atoms with van der Waals surface area (Å²) in [6.45, 7) is 4.87. The molecular weight excluding hydrogens is 484 g/mol. The highest BCUT2D eigenvalue weighted by atomic mass is 127. The fourth-order valence-electron chi connectivity index (χ4n) is 2.45. The lowest BCUT2D eigenvalue weighted by molar-refractivity contribution is 0.129. The standard InChI is InChI=1S/C18H28FN3O3S.HI/c1-3-20-18(21-8-9-25-12-14-4-5-14)22-11-16-10-17(19)7-6-15(16)13-26(2,23)24;/h6-7,10,14H,3-5,8-9,11-13H2,1-2H3,(H2,20,21,22);1H. The molecule has 6 nitrogen and oxygen atoms in total. The van der Waals surface area contributed by atoms with Crippen LogP contribution in [0.1, 0.15) is 30.9 Å². The number of hydrogen-bond acceptors (Lipinski definition) is 4. The van der Waals surface area contributed by atoms with Crippen molar-refractivity contribution in [2.24, 2.45) is 10.9 Å². The first-order chi connectivity index (χ1) is 12.4. The summed E-state index contributed by atoms with van der Waals surface area (Å²) >= 11 is 0. The van der Waals surface area contributed by atoms with Crippen molar-refractivity contribution in [3.05, 3.63) is 35.1 Å². The normalized spacial score (nSPS) is 14.6. The molecule has 0 aliphatic heterocycles. The maximum Gasteiger partial charge on any atom is 0.191 e. The van der Waals surface area contributed by atoms with Gasteiger partial charge in [0.05, 0.1) is 18.9 Å². The zero-order valence-corrected chi connectivity index (χ0v) is 19.0. The molecule has 1 aliphatic carbocycles. The van der Waals surface area contributed by atoms with Crippen molar-refractivity contribution in [1.82, 2.24) is 10.6 Å². The minimum atomic E-state index is -3.20. The van der Waals surface area contributed by atoms with Gasteiger partial charge in [-0.25, -0.2) is 17.8 Å². The highest BCUT2D eigenvalue weighted by Gasteiger charge is 2.20. The molecule has 2 rings (SSSR count). The minimum absolute atomic E-state index is 0. The van der Waals surface area contributed by atoms with Crippen molar-refractivity contribution >= 4 is 39.8 Å². The summed E-state index contributed by atoms with van der Waals surface area (Å²) < 4.78 is 42.3. The highest BCUT2D eigenvalue weighted by molar-refractivity contribution is 14.0. The Morgan fingerprint density at radius 3 is 2.67 bits per heavy atom. The number of hydrogen-bond donors (Lipinski definition) is 2. The van der Waals surface area contributed by atoms with Gasteiger partial charge in [-0.3, -0.25) is 0 Å². The van der Waals surface area contributed by atoms with E-state index in [-0.39, 0.29) is 36.3 Å². The SMILES string of the molecule is CCNC(=NCc1cc(F)ccc1CS(C)(=O)=O)NCCOCC1CC1.I. The third-order valence-electron chi connectivity index (χ3n) is 3.93. The lowest BCUT2D eigenvalue weighted by atomic mass is 10.1. The van der Waals surface area contributed by atoms with Gasteiger partial charge in [0.1, 0.15) is 5.82 Å². The second kappa shape index (κ2) is 11.8. The quantitative estimate of drug-likeness (QED) is 0.218. The van der Waals surface area contributed by atoms with Crippen molar-refractivity contribution < 1.29 is 17.5 Å². The molecular formula is C18H29FIN3O3S. The average Bonchev–Trinajstić information content (AvgIpc) is 3.37. The number of nitrogens with zero attached hydrogens (tertiary/aromatic N) is 1. The number of rotatable bonds is 10. The largest absolute Gasteiger partial charge is 0.379 e. The van der Waals surface area contributed by atoms with Gasteiger partial charge in [-0.15, -0.1) is 24.0 Å². The summed E-state index contributed by atoms with van der Waals surface area (Å²) in [7, 11) is -3.20. The molecule has 2 N–H and O–H groups in total. The van der Waals surface area contributed by atoms with E-state index >= 15 is 0 Å². The lowest BCUT2D eigenvalue weighted by Gasteiger charge is -2.12. The van der Waals surface area contributed by atoms with E-state index in [9.17, 15) is 12.8 Å². The zero-order chi connectivity index (χ0) is 19.0. The van der Waals surface area contributed by atoms with E-state index in [2.05, 4.69) is 15.6 Å². The molecule has 0 saturated heterocycles. The van der Waals surface area contributed by atoms with Crippen LogP contribution in [0, 0.1) is 11.7 Å². The molecule has 27 heavy (non-hydrogen) atoms. The van der Waals surface area contributed by atoms with Gasteiger partial charge < -0.3 is 15.4 Å². The third-order valence-corrected chi connectivity index (χ3v) is 4.76. The van der Waals surface area contributed by atoms with Crippen LogP contribution in [0.4, 0.5) is 4.39 Å². The van der Waals surface area contributed by atoms with E-state index < -0.39 is 15.7 Å². The Balaban J connectivity index is 0.00000364. The molecule has 154 valence electrons. The molecule has 1 aromatic rings. The van der Waals surface area contributed by atoms with Crippen LogP contribution in [0.3, 0.4) is 0 Å².